The van der Waals surface area contributed by atoms with E-state index in [1.807, 2.05) is 0 Å². The molecular formula is C9H4BrClN4. The van der Waals surface area contributed by atoms with Crippen LogP contribution < -0.4 is 5.43 Å². The van der Waals surface area contributed by atoms with Crippen LogP contribution in [-0.4, -0.2) is 5.71 Å². The van der Waals surface area contributed by atoms with Gasteiger partial charge in [-0.25, -0.2) is 0 Å². The molecule has 0 heterocycles. The van der Waals surface area contributed by atoms with Crippen molar-refractivity contribution in [1.82, 2.24) is 0 Å². The van der Waals surface area contributed by atoms with Crippen LogP contribution in [0.2, 0.25) is 5.02 Å². The lowest BCUT2D eigenvalue weighted by Gasteiger charge is -2.02. The number of rotatable bonds is 2. The molecule has 1 rings (SSSR count). The molecule has 1 aromatic carbocycles. The van der Waals surface area contributed by atoms with Crippen molar-refractivity contribution in [2.75, 3.05) is 5.43 Å². The lowest BCUT2D eigenvalue weighted by atomic mass is 10.3. The van der Waals surface area contributed by atoms with E-state index in [4.69, 9.17) is 22.1 Å². The van der Waals surface area contributed by atoms with Crippen molar-refractivity contribution >= 4 is 38.9 Å². The minimum Gasteiger partial charge on any atom is -0.275 e. The van der Waals surface area contributed by atoms with Crippen molar-refractivity contribution in [2.24, 2.45) is 5.10 Å². The second kappa shape index (κ2) is 5.35. The maximum Gasteiger partial charge on any atom is 0.237 e. The number of nitrogens with zero attached hydrogens (tertiary/aromatic N) is 3. The Labute approximate surface area is 99.9 Å². The standard InChI is InChI=1S/C9H4BrClN4/c10-6-1-2-8(11)9(3-6)15-14-7(4-12)5-13/h1-3,15H. The van der Waals surface area contributed by atoms with Crippen LogP contribution in [0.5, 0.6) is 0 Å². The Kier molecular flexibility index (Phi) is 4.11. The van der Waals surface area contributed by atoms with Gasteiger partial charge in [0.05, 0.1) is 10.7 Å². The third-order valence-electron chi connectivity index (χ3n) is 1.43. The maximum absolute atomic E-state index is 8.44. The maximum atomic E-state index is 8.44. The average Bonchev–Trinajstić information content (AvgIpc) is 2.24. The Bertz CT molecular complexity index is 468. The zero-order valence-corrected chi connectivity index (χ0v) is 9.67. The van der Waals surface area contributed by atoms with Crippen LogP contribution in [0.15, 0.2) is 27.8 Å². The van der Waals surface area contributed by atoms with E-state index in [0.717, 1.165) is 4.47 Å². The van der Waals surface area contributed by atoms with Gasteiger partial charge < -0.3 is 0 Å². The molecule has 0 atom stereocenters. The van der Waals surface area contributed by atoms with E-state index in [-0.39, 0.29) is 5.71 Å². The number of hydrazone groups is 1. The number of nitrogens with one attached hydrogen (secondary N) is 1. The van der Waals surface area contributed by atoms with E-state index >= 15 is 0 Å². The summed E-state index contributed by atoms with van der Waals surface area (Å²) < 4.78 is 0.820. The molecule has 1 N–H and O–H groups in total. The molecule has 0 saturated carbocycles. The Morgan fingerprint density at radius 1 is 1.40 bits per heavy atom. The summed E-state index contributed by atoms with van der Waals surface area (Å²) in [5.74, 6) is 0. The number of nitriles is 2. The molecule has 0 radical (unpaired) electrons. The van der Waals surface area contributed by atoms with Crippen LogP contribution in [0, 0.1) is 22.7 Å². The van der Waals surface area contributed by atoms with E-state index in [9.17, 15) is 0 Å². The summed E-state index contributed by atoms with van der Waals surface area (Å²) in [7, 11) is 0. The van der Waals surface area contributed by atoms with Crippen LogP contribution in [0.3, 0.4) is 0 Å². The monoisotopic (exact) mass is 282 g/mol. The molecule has 0 aliphatic rings. The highest BCUT2D eigenvalue weighted by atomic mass is 79.9. The number of anilines is 1. The van der Waals surface area contributed by atoms with Crippen LogP contribution in [0.25, 0.3) is 0 Å². The molecule has 0 aromatic heterocycles. The van der Waals surface area contributed by atoms with Crippen molar-refractivity contribution < 1.29 is 0 Å². The number of hydrogen-bond acceptors (Lipinski definition) is 4. The zero-order chi connectivity index (χ0) is 11.3. The molecule has 0 aliphatic carbocycles. The van der Waals surface area contributed by atoms with Crippen molar-refractivity contribution in [1.29, 1.82) is 10.5 Å². The topological polar surface area (TPSA) is 72.0 Å². The van der Waals surface area contributed by atoms with Gasteiger partial charge in [0.2, 0.25) is 5.71 Å². The van der Waals surface area contributed by atoms with E-state index in [1.165, 1.54) is 0 Å². The summed E-state index contributed by atoms with van der Waals surface area (Å²) >= 11 is 9.11. The molecule has 15 heavy (non-hydrogen) atoms. The molecule has 0 fully saturated rings. The third-order valence-corrected chi connectivity index (χ3v) is 2.25. The molecule has 0 unspecified atom stereocenters. The van der Waals surface area contributed by atoms with Gasteiger partial charge in [0, 0.05) is 4.47 Å². The predicted octanol–water partition coefficient (Wildman–Crippen LogP) is 2.92. The van der Waals surface area contributed by atoms with E-state index < -0.39 is 0 Å². The van der Waals surface area contributed by atoms with Crippen LogP contribution >= 0.6 is 27.5 Å². The number of halogens is 2. The van der Waals surface area contributed by atoms with Crippen molar-refractivity contribution in [3.8, 4) is 12.1 Å². The minimum atomic E-state index is -0.258. The van der Waals surface area contributed by atoms with Crippen LogP contribution in [0.1, 0.15) is 0 Å². The first-order chi connectivity index (χ1) is 7.17. The zero-order valence-electron chi connectivity index (χ0n) is 7.33. The van der Waals surface area contributed by atoms with Gasteiger partial charge in [-0.15, -0.1) is 0 Å². The first-order valence-corrected chi connectivity index (χ1v) is 4.93. The molecule has 1 aromatic rings. The third kappa shape index (κ3) is 3.25. The molecule has 74 valence electrons. The SMILES string of the molecule is N#CC(C#N)=NNc1cc(Br)ccc1Cl. The van der Waals surface area contributed by atoms with Crippen molar-refractivity contribution in [3.63, 3.8) is 0 Å². The Morgan fingerprint density at radius 3 is 2.67 bits per heavy atom. The molecule has 0 aliphatic heterocycles. The second-order valence-electron chi connectivity index (χ2n) is 2.42. The minimum absolute atomic E-state index is 0.258. The summed E-state index contributed by atoms with van der Waals surface area (Å²) in [6.07, 6.45) is 0. The van der Waals surface area contributed by atoms with Gasteiger partial charge >= 0.3 is 0 Å². The Hall–Kier alpha value is -1.56. The lowest BCUT2D eigenvalue weighted by Crippen LogP contribution is -1.96. The van der Waals surface area contributed by atoms with Crippen LogP contribution in [-0.2, 0) is 0 Å². The molecule has 6 heteroatoms. The molecule has 0 amide bonds. The van der Waals surface area contributed by atoms with Crippen molar-refractivity contribution in [3.05, 3.63) is 27.7 Å². The second-order valence-corrected chi connectivity index (χ2v) is 3.74. The summed E-state index contributed by atoms with van der Waals surface area (Å²) in [4.78, 5) is 0. The van der Waals surface area contributed by atoms with Crippen LogP contribution in [0.4, 0.5) is 5.69 Å². The summed E-state index contributed by atoms with van der Waals surface area (Å²) in [5.41, 5.74) is 2.80. The fraction of sp³-hybridized carbons (Fsp3) is 0. The van der Waals surface area contributed by atoms with Gasteiger partial charge in [-0.1, -0.05) is 27.5 Å². The van der Waals surface area contributed by atoms with Gasteiger partial charge in [0.25, 0.3) is 0 Å². The number of hydrogen-bond donors (Lipinski definition) is 1. The van der Waals surface area contributed by atoms with Gasteiger partial charge in [-0.3, -0.25) is 5.43 Å². The van der Waals surface area contributed by atoms with Gasteiger partial charge in [0.1, 0.15) is 12.1 Å². The first kappa shape index (κ1) is 11.5. The molecule has 4 nitrogen and oxygen atoms in total. The van der Waals surface area contributed by atoms with E-state index in [1.54, 1.807) is 30.3 Å². The summed E-state index contributed by atoms with van der Waals surface area (Å²) in [6, 6.07) is 8.39. The Morgan fingerprint density at radius 2 is 2.07 bits per heavy atom. The summed E-state index contributed by atoms with van der Waals surface area (Å²) in [6.45, 7) is 0. The van der Waals surface area contributed by atoms with Gasteiger partial charge in [-0.05, 0) is 18.2 Å². The lowest BCUT2D eigenvalue weighted by molar-refractivity contribution is 1.33. The fourth-order valence-corrected chi connectivity index (χ4v) is 1.30. The Balaban J connectivity index is 2.92. The van der Waals surface area contributed by atoms with Crippen molar-refractivity contribution in [2.45, 2.75) is 0 Å². The molecule has 0 saturated heterocycles. The fourth-order valence-electron chi connectivity index (χ4n) is 0.774. The van der Waals surface area contributed by atoms with E-state index in [2.05, 4.69) is 26.5 Å². The molecule has 0 spiro atoms. The largest absolute Gasteiger partial charge is 0.275 e. The molecule has 0 bridgehead atoms. The highest BCUT2D eigenvalue weighted by Crippen LogP contribution is 2.25. The summed E-state index contributed by atoms with van der Waals surface area (Å²) in [5, 5.41) is 20.9. The quantitative estimate of drug-likeness (QED) is 0.670. The van der Waals surface area contributed by atoms with Gasteiger partial charge in [0.15, 0.2) is 0 Å². The molecular weight excluding hydrogens is 279 g/mol. The highest BCUT2D eigenvalue weighted by Gasteiger charge is 2.00. The predicted molar refractivity (Wildman–Crippen MR) is 61.4 cm³/mol. The normalized spacial score (nSPS) is 8.53. The highest BCUT2D eigenvalue weighted by molar-refractivity contribution is 9.10. The first-order valence-electron chi connectivity index (χ1n) is 3.76. The average molecular weight is 284 g/mol. The number of benzene rings is 1. The van der Waals surface area contributed by atoms with Gasteiger partial charge in [-0.2, -0.15) is 15.6 Å². The smallest absolute Gasteiger partial charge is 0.237 e. The van der Waals surface area contributed by atoms with E-state index in [0.29, 0.717) is 10.7 Å².